The van der Waals surface area contributed by atoms with Gasteiger partial charge in [-0.2, -0.15) is 0 Å². The molecular formula is C21H22F2S. The molecule has 0 N–H and O–H groups in total. The first kappa shape index (κ1) is 16.1. The monoisotopic (exact) mass is 344 g/mol. The van der Waals surface area contributed by atoms with Crippen molar-refractivity contribution in [1.29, 1.82) is 0 Å². The van der Waals surface area contributed by atoms with Crippen LogP contribution in [0.3, 0.4) is 0 Å². The summed E-state index contributed by atoms with van der Waals surface area (Å²) in [5.74, 6) is -0.843. The molecule has 0 saturated heterocycles. The normalized spacial score (nSPS) is 23.4. The first-order valence-electron chi connectivity index (χ1n) is 8.61. The first-order chi connectivity index (χ1) is 11.4. The van der Waals surface area contributed by atoms with Gasteiger partial charge in [0.1, 0.15) is 0 Å². The third-order valence-electron chi connectivity index (χ3n) is 5.16. The van der Waals surface area contributed by atoms with E-state index >= 15 is 0 Å². The van der Waals surface area contributed by atoms with Gasteiger partial charge < -0.3 is 0 Å². The average molecular weight is 344 g/mol. The van der Waals surface area contributed by atoms with Crippen LogP contribution in [0.4, 0.5) is 8.78 Å². The molecule has 0 bridgehead atoms. The van der Waals surface area contributed by atoms with Gasteiger partial charge in [0.25, 0.3) is 0 Å². The van der Waals surface area contributed by atoms with E-state index in [1.54, 1.807) is 11.8 Å². The Morgan fingerprint density at radius 2 is 1.67 bits per heavy atom. The van der Waals surface area contributed by atoms with Crippen LogP contribution in [0.25, 0.3) is 0 Å². The Labute approximate surface area is 146 Å². The van der Waals surface area contributed by atoms with Crippen molar-refractivity contribution in [3.05, 3.63) is 64.7 Å². The zero-order valence-corrected chi connectivity index (χ0v) is 15.1. The Morgan fingerprint density at radius 3 is 2.33 bits per heavy atom. The molecule has 0 radical (unpaired) electrons. The number of benzene rings is 2. The van der Waals surface area contributed by atoms with Crippen LogP contribution >= 0.6 is 11.8 Å². The second-order valence-corrected chi connectivity index (χ2v) is 9.26. The van der Waals surface area contributed by atoms with Gasteiger partial charge in [0, 0.05) is 21.6 Å². The van der Waals surface area contributed by atoms with Crippen LogP contribution in [0.5, 0.6) is 0 Å². The number of thioether (sulfide) groups is 1. The van der Waals surface area contributed by atoms with Crippen LogP contribution in [0, 0.1) is 23.0 Å². The molecule has 1 fully saturated rings. The Morgan fingerprint density at radius 1 is 0.958 bits per heavy atom. The summed E-state index contributed by atoms with van der Waals surface area (Å²) in [6, 6.07) is 11.5. The molecule has 1 aliphatic heterocycles. The number of hydrogen-bond donors (Lipinski definition) is 0. The highest BCUT2D eigenvalue weighted by atomic mass is 32.2. The summed E-state index contributed by atoms with van der Waals surface area (Å²) in [6.45, 7) is 6.55. The zero-order valence-electron chi connectivity index (χ0n) is 14.3. The number of rotatable bonds is 1. The molecule has 0 spiro atoms. The number of hydrogen-bond acceptors (Lipinski definition) is 1. The lowest BCUT2D eigenvalue weighted by atomic mass is 9.71. The van der Waals surface area contributed by atoms with Gasteiger partial charge >= 0.3 is 0 Å². The SMILES string of the molecule is CC(C)(C)C1c2ccccc2SC(C2CC2)c2c1ccc(F)c2F. The van der Waals surface area contributed by atoms with Gasteiger partial charge in [0.2, 0.25) is 0 Å². The van der Waals surface area contributed by atoms with Gasteiger partial charge in [-0.1, -0.05) is 45.0 Å². The molecule has 2 unspecified atom stereocenters. The van der Waals surface area contributed by atoms with E-state index in [1.165, 1.54) is 16.5 Å². The molecule has 3 heteroatoms. The van der Waals surface area contributed by atoms with Crippen molar-refractivity contribution < 1.29 is 8.78 Å². The Balaban J connectivity index is 2.03. The van der Waals surface area contributed by atoms with Gasteiger partial charge in [-0.25, -0.2) is 8.78 Å². The Bertz CT molecular complexity index is 787. The molecule has 1 saturated carbocycles. The lowest BCUT2D eigenvalue weighted by molar-refractivity contribution is 0.352. The zero-order chi connectivity index (χ0) is 17.1. The van der Waals surface area contributed by atoms with E-state index in [4.69, 9.17) is 0 Å². The summed E-state index contributed by atoms with van der Waals surface area (Å²) in [5, 5.41) is 0.0178. The van der Waals surface area contributed by atoms with Crippen LogP contribution < -0.4 is 0 Å². The van der Waals surface area contributed by atoms with E-state index in [2.05, 4.69) is 39.0 Å². The van der Waals surface area contributed by atoms with Crippen molar-refractivity contribution in [3.8, 4) is 0 Å². The maximum Gasteiger partial charge on any atom is 0.163 e. The van der Waals surface area contributed by atoms with Gasteiger partial charge in [0.05, 0.1) is 0 Å². The molecule has 126 valence electrons. The van der Waals surface area contributed by atoms with E-state index in [0.29, 0.717) is 11.5 Å². The minimum absolute atomic E-state index is 0.0178. The van der Waals surface area contributed by atoms with Gasteiger partial charge in [-0.15, -0.1) is 11.8 Å². The molecule has 1 aliphatic carbocycles. The van der Waals surface area contributed by atoms with Crippen molar-refractivity contribution in [3.63, 3.8) is 0 Å². The van der Waals surface area contributed by atoms with Crippen molar-refractivity contribution >= 4 is 11.8 Å². The standard InChI is InChI=1S/C21H22F2S/c1-21(2,3)18-13-6-4-5-7-16(13)24-20(12-8-9-12)17-14(18)10-11-15(22)19(17)23/h4-7,10-12,18,20H,8-9H2,1-3H3. The summed E-state index contributed by atoms with van der Waals surface area (Å²) >= 11 is 1.73. The molecule has 2 aromatic rings. The molecule has 0 nitrogen and oxygen atoms in total. The highest BCUT2D eigenvalue weighted by Crippen LogP contribution is 2.59. The van der Waals surface area contributed by atoms with Gasteiger partial charge in [0.15, 0.2) is 11.6 Å². The average Bonchev–Trinajstić information content (AvgIpc) is 3.34. The maximum atomic E-state index is 14.9. The fraction of sp³-hybridized carbons (Fsp3) is 0.429. The predicted octanol–water partition coefficient (Wildman–Crippen LogP) is 6.70. The summed E-state index contributed by atoms with van der Waals surface area (Å²) in [6.07, 6.45) is 2.21. The van der Waals surface area contributed by atoms with Crippen molar-refractivity contribution in [2.75, 3.05) is 0 Å². The molecule has 2 aliphatic rings. The van der Waals surface area contributed by atoms with E-state index in [-0.39, 0.29) is 16.6 Å². The van der Waals surface area contributed by atoms with E-state index in [0.717, 1.165) is 18.4 Å². The topological polar surface area (TPSA) is 0 Å². The highest BCUT2D eigenvalue weighted by molar-refractivity contribution is 7.99. The van der Waals surface area contributed by atoms with E-state index in [9.17, 15) is 8.78 Å². The van der Waals surface area contributed by atoms with Crippen molar-refractivity contribution in [2.24, 2.45) is 11.3 Å². The molecular weight excluding hydrogens is 322 g/mol. The first-order valence-corrected chi connectivity index (χ1v) is 9.49. The molecule has 0 amide bonds. The fourth-order valence-corrected chi connectivity index (χ4v) is 5.55. The lowest BCUT2D eigenvalue weighted by Crippen LogP contribution is -2.21. The third kappa shape index (κ3) is 2.57. The second kappa shape index (κ2) is 5.59. The van der Waals surface area contributed by atoms with Crippen LogP contribution in [0.1, 0.15) is 61.5 Å². The van der Waals surface area contributed by atoms with Gasteiger partial charge in [-0.05, 0) is 47.4 Å². The molecule has 4 rings (SSSR count). The van der Waals surface area contributed by atoms with Crippen LogP contribution in [0.15, 0.2) is 41.3 Å². The van der Waals surface area contributed by atoms with Crippen molar-refractivity contribution in [1.82, 2.24) is 0 Å². The number of fused-ring (bicyclic) bond motifs is 2. The summed E-state index contributed by atoms with van der Waals surface area (Å²) in [5.41, 5.74) is 2.74. The summed E-state index contributed by atoms with van der Waals surface area (Å²) in [4.78, 5) is 1.21. The maximum absolute atomic E-state index is 14.9. The molecule has 2 atom stereocenters. The third-order valence-corrected chi connectivity index (χ3v) is 6.66. The smallest absolute Gasteiger partial charge is 0.163 e. The Hall–Kier alpha value is -1.35. The predicted molar refractivity (Wildman–Crippen MR) is 95.4 cm³/mol. The van der Waals surface area contributed by atoms with E-state index < -0.39 is 11.6 Å². The van der Waals surface area contributed by atoms with E-state index in [1.807, 2.05) is 12.1 Å². The lowest BCUT2D eigenvalue weighted by Gasteiger charge is -2.33. The Kier molecular flexibility index (Phi) is 3.76. The van der Waals surface area contributed by atoms with Crippen molar-refractivity contribution in [2.45, 2.75) is 49.7 Å². The second-order valence-electron chi connectivity index (χ2n) is 8.08. The molecule has 0 aromatic heterocycles. The van der Waals surface area contributed by atoms with Gasteiger partial charge in [-0.3, -0.25) is 0 Å². The molecule has 2 aromatic carbocycles. The fourth-order valence-electron chi connectivity index (χ4n) is 3.98. The minimum atomic E-state index is -0.724. The minimum Gasteiger partial charge on any atom is -0.204 e. The van der Waals surface area contributed by atoms with Crippen LogP contribution in [-0.4, -0.2) is 0 Å². The number of halogens is 2. The highest BCUT2D eigenvalue weighted by Gasteiger charge is 2.43. The van der Waals surface area contributed by atoms with Crippen LogP contribution in [-0.2, 0) is 0 Å². The quantitative estimate of drug-likeness (QED) is 0.554. The summed E-state index contributed by atoms with van der Waals surface area (Å²) < 4.78 is 29.0. The molecule has 1 heterocycles. The largest absolute Gasteiger partial charge is 0.204 e. The van der Waals surface area contributed by atoms with Crippen LogP contribution in [0.2, 0.25) is 0 Å². The molecule has 24 heavy (non-hydrogen) atoms. The summed E-state index contributed by atoms with van der Waals surface area (Å²) in [7, 11) is 0.